The van der Waals surface area contributed by atoms with Gasteiger partial charge in [0.15, 0.2) is 0 Å². The van der Waals surface area contributed by atoms with E-state index in [0.717, 1.165) is 11.0 Å². The zero-order valence-electron chi connectivity index (χ0n) is 31.5. The van der Waals surface area contributed by atoms with E-state index < -0.39 is 52.8 Å². The van der Waals surface area contributed by atoms with Crippen LogP contribution in [-0.2, 0) is 28.7 Å². The van der Waals surface area contributed by atoms with E-state index in [1.165, 1.54) is 40.8 Å². The van der Waals surface area contributed by atoms with Crippen LogP contribution in [0.25, 0.3) is 5.69 Å². The van der Waals surface area contributed by atoms with Crippen molar-refractivity contribution in [2.75, 3.05) is 25.5 Å². The summed E-state index contributed by atoms with van der Waals surface area (Å²) in [5, 5.41) is 3.14. The number of carbonyl (C=O) groups excluding carboxylic acids is 4. The number of anilines is 1. The van der Waals surface area contributed by atoms with Crippen molar-refractivity contribution in [3.8, 4) is 5.69 Å². The number of carbonyl (C=O) groups is 4. The third-order valence-electron chi connectivity index (χ3n) is 9.61. The van der Waals surface area contributed by atoms with Crippen LogP contribution >= 0.6 is 15.9 Å². The average molecular weight is 830 g/mol. The Labute approximate surface area is 325 Å². The topological polar surface area (TPSA) is 134 Å². The van der Waals surface area contributed by atoms with Crippen LogP contribution in [0.3, 0.4) is 0 Å². The summed E-state index contributed by atoms with van der Waals surface area (Å²) < 4.78 is 47.4. The summed E-state index contributed by atoms with van der Waals surface area (Å²) in [6.45, 7) is 13.2. The van der Waals surface area contributed by atoms with E-state index in [9.17, 15) is 37.1 Å². The van der Waals surface area contributed by atoms with Gasteiger partial charge in [0.05, 0.1) is 23.5 Å². The summed E-state index contributed by atoms with van der Waals surface area (Å²) in [5.74, 6) is -1.85. The number of ether oxygens (including phenoxy) is 1. The van der Waals surface area contributed by atoms with Gasteiger partial charge in [-0.25, -0.2) is 14.3 Å². The van der Waals surface area contributed by atoms with E-state index in [-0.39, 0.29) is 46.5 Å². The molecule has 0 saturated carbocycles. The van der Waals surface area contributed by atoms with Gasteiger partial charge in [0.25, 0.3) is 17.4 Å². The summed E-state index contributed by atoms with van der Waals surface area (Å²) in [6.07, 6.45) is -2.65. The van der Waals surface area contributed by atoms with Gasteiger partial charge in [-0.05, 0) is 96.3 Å². The first-order valence-electron chi connectivity index (χ1n) is 17.8. The maximum atomic E-state index is 14.2. The molecule has 5 rings (SSSR count). The molecule has 55 heavy (non-hydrogen) atoms. The molecule has 16 heteroatoms. The first kappa shape index (κ1) is 41.2. The highest BCUT2D eigenvalue weighted by atomic mass is 79.9. The van der Waals surface area contributed by atoms with Gasteiger partial charge in [-0.1, -0.05) is 22.0 Å². The molecule has 294 valence electrons. The van der Waals surface area contributed by atoms with Gasteiger partial charge in [-0.3, -0.25) is 24.1 Å². The SMILES string of the molecule is C=CC(C)Nc1nc2c(c(=O)n1-c1ccc(C(=O)N(C)C(=O)C3CCN(C(=O)OC(C)(C)C)CC3)cc1)C[C@@H](C)N(C(=O)c1ccc(Br)c(C(F)(F)F)c1)C2. The molecule has 0 radical (unpaired) electrons. The number of nitrogens with one attached hydrogen (secondary N) is 1. The van der Waals surface area contributed by atoms with Gasteiger partial charge < -0.3 is 19.9 Å². The number of fused-ring (bicyclic) bond motifs is 1. The molecule has 2 aliphatic heterocycles. The summed E-state index contributed by atoms with van der Waals surface area (Å²) in [7, 11) is 1.41. The predicted octanol–water partition coefficient (Wildman–Crippen LogP) is 6.83. The van der Waals surface area contributed by atoms with Gasteiger partial charge >= 0.3 is 12.3 Å². The first-order valence-corrected chi connectivity index (χ1v) is 18.6. The summed E-state index contributed by atoms with van der Waals surface area (Å²) in [4.78, 5) is 75.7. The Bertz CT molecular complexity index is 2050. The molecule has 0 aliphatic carbocycles. The van der Waals surface area contributed by atoms with Crippen LogP contribution in [0.5, 0.6) is 0 Å². The number of piperidine rings is 1. The largest absolute Gasteiger partial charge is 0.444 e. The lowest BCUT2D eigenvalue weighted by atomic mass is 9.95. The van der Waals surface area contributed by atoms with Crippen LogP contribution in [0.1, 0.15) is 85.0 Å². The molecule has 1 saturated heterocycles. The molecule has 0 bridgehead atoms. The van der Waals surface area contributed by atoms with Gasteiger partial charge in [0, 0.05) is 59.3 Å². The highest BCUT2D eigenvalue weighted by Gasteiger charge is 2.37. The Balaban J connectivity index is 1.36. The summed E-state index contributed by atoms with van der Waals surface area (Å²) in [6, 6.07) is 8.55. The maximum absolute atomic E-state index is 14.2. The molecule has 2 atom stereocenters. The van der Waals surface area contributed by atoms with Crippen molar-refractivity contribution in [1.82, 2.24) is 24.3 Å². The van der Waals surface area contributed by atoms with Gasteiger partial charge in [0.1, 0.15) is 5.60 Å². The number of nitrogens with zero attached hydrogens (tertiary/aromatic N) is 5. The number of aromatic nitrogens is 2. The van der Waals surface area contributed by atoms with E-state index in [1.807, 2.05) is 0 Å². The molecule has 3 aromatic rings. The van der Waals surface area contributed by atoms with Gasteiger partial charge in [-0.15, -0.1) is 6.58 Å². The van der Waals surface area contributed by atoms with Crippen molar-refractivity contribution in [1.29, 1.82) is 0 Å². The van der Waals surface area contributed by atoms with Crippen LogP contribution in [0.2, 0.25) is 0 Å². The Morgan fingerprint density at radius 3 is 2.25 bits per heavy atom. The van der Waals surface area contributed by atoms with E-state index in [4.69, 9.17) is 9.72 Å². The van der Waals surface area contributed by atoms with Crippen molar-refractivity contribution in [2.45, 2.75) is 84.3 Å². The summed E-state index contributed by atoms with van der Waals surface area (Å²) >= 11 is 2.91. The van der Waals surface area contributed by atoms with Crippen LogP contribution < -0.4 is 10.9 Å². The molecular weight excluding hydrogens is 785 g/mol. The van der Waals surface area contributed by atoms with E-state index in [2.05, 4.69) is 27.8 Å². The quantitative estimate of drug-likeness (QED) is 0.203. The number of hydrogen-bond acceptors (Lipinski definition) is 8. The second kappa shape index (κ2) is 16.0. The fourth-order valence-electron chi connectivity index (χ4n) is 6.53. The Morgan fingerprint density at radius 2 is 1.67 bits per heavy atom. The number of likely N-dealkylation sites (tertiary alicyclic amines) is 1. The monoisotopic (exact) mass is 828 g/mol. The number of alkyl halides is 3. The number of imide groups is 1. The lowest BCUT2D eigenvalue weighted by Gasteiger charge is -2.35. The van der Waals surface area contributed by atoms with Gasteiger partial charge in [-0.2, -0.15) is 13.2 Å². The second-order valence-corrected chi connectivity index (χ2v) is 15.7. The number of rotatable bonds is 7. The fraction of sp³-hybridized carbons (Fsp3) is 0.436. The Hall–Kier alpha value is -4.99. The highest BCUT2D eigenvalue weighted by molar-refractivity contribution is 9.10. The average Bonchev–Trinajstić information content (AvgIpc) is 3.13. The molecule has 1 N–H and O–H groups in total. The maximum Gasteiger partial charge on any atom is 0.417 e. The molecule has 1 fully saturated rings. The van der Waals surface area contributed by atoms with Crippen LogP contribution in [0.4, 0.5) is 23.9 Å². The number of halogens is 4. The minimum atomic E-state index is -4.67. The zero-order valence-corrected chi connectivity index (χ0v) is 33.1. The van der Waals surface area contributed by atoms with Crippen molar-refractivity contribution in [2.24, 2.45) is 5.92 Å². The minimum absolute atomic E-state index is 0.0903. The Kier molecular flexibility index (Phi) is 12.0. The zero-order chi connectivity index (χ0) is 40.6. The molecule has 0 spiro atoms. The summed E-state index contributed by atoms with van der Waals surface area (Å²) in [5.41, 5.74) is -0.967. The third-order valence-corrected chi connectivity index (χ3v) is 10.3. The molecule has 1 unspecified atom stereocenters. The van der Waals surface area contributed by atoms with E-state index in [0.29, 0.717) is 42.9 Å². The van der Waals surface area contributed by atoms with Crippen molar-refractivity contribution in [3.63, 3.8) is 0 Å². The lowest BCUT2D eigenvalue weighted by Crippen LogP contribution is -2.46. The Morgan fingerprint density at radius 1 is 1.05 bits per heavy atom. The molecule has 4 amide bonds. The predicted molar refractivity (Wildman–Crippen MR) is 203 cm³/mol. The van der Waals surface area contributed by atoms with E-state index >= 15 is 0 Å². The third kappa shape index (κ3) is 9.11. The first-order chi connectivity index (χ1) is 25.7. The molecule has 3 heterocycles. The molecule has 2 aliphatic rings. The van der Waals surface area contributed by atoms with Crippen molar-refractivity contribution >= 4 is 45.7 Å². The fourth-order valence-corrected chi connectivity index (χ4v) is 7.00. The van der Waals surface area contributed by atoms with Crippen molar-refractivity contribution in [3.05, 3.63) is 97.9 Å². The normalized spacial score (nSPS) is 16.9. The van der Waals surface area contributed by atoms with Crippen LogP contribution in [0.15, 0.2) is 64.4 Å². The van der Waals surface area contributed by atoms with Crippen molar-refractivity contribution < 1.29 is 37.1 Å². The standard InChI is InChI=1S/C39H44BrF3N6O6/c1-8-22(2)44-36-45-31-21-48(34(52)26-11-14-30(40)29(20-26)39(41,42)43)23(3)19-28(31)35(53)49(36)27-12-9-24(10-13-27)32(50)46(7)33(51)25-15-17-47(18-16-25)37(54)55-38(4,5)6/h8-14,20,22-23,25H,1,15-19,21H2,2-7H3,(H,44,45)/t22?,23-/m1/s1. The van der Waals surface area contributed by atoms with Crippen LogP contribution in [0, 0.1) is 5.92 Å². The lowest BCUT2D eigenvalue weighted by molar-refractivity contribution is -0.138. The van der Waals surface area contributed by atoms with Gasteiger partial charge in [0.2, 0.25) is 11.9 Å². The molecule has 12 nitrogen and oxygen atoms in total. The minimum Gasteiger partial charge on any atom is -0.444 e. The van der Waals surface area contributed by atoms with Crippen LogP contribution in [-0.4, -0.2) is 85.9 Å². The molecule has 2 aromatic carbocycles. The molecular formula is C39H44BrF3N6O6. The highest BCUT2D eigenvalue weighted by Crippen LogP contribution is 2.36. The number of amides is 4. The molecule has 1 aromatic heterocycles. The number of hydrogen-bond donors (Lipinski definition) is 1. The number of benzene rings is 2. The smallest absolute Gasteiger partial charge is 0.417 e. The second-order valence-electron chi connectivity index (χ2n) is 14.8. The van der Waals surface area contributed by atoms with E-state index in [1.54, 1.807) is 57.7 Å².